The minimum absolute atomic E-state index is 0.0686. The topological polar surface area (TPSA) is 79.5 Å². The first-order valence-corrected chi connectivity index (χ1v) is 7.99. The van der Waals surface area contributed by atoms with Crippen LogP contribution in [0.25, 0.3) is 11.4 Å². The summed E-state index contributed by atoms with van der Waals surface area (Å²) in [6, 6.07) is 6.75. The zero-order valence-electron chi connectivity index (χ0n) is 12.8. The Labute approximate surface area is 139 Å². The fourth-order valence-corrected chi connectivity index (χ4v) is 2.96. The number of benzene rings is 1. The molecule has 0 aliphatic carbocycles. The quantitative estimate of drug-likeness (QED) is 0.925. The number of piperidine rings is 1. The molecule has 0 bridgehead atoms. The number of aliphatic carboxylic acids is 1. The summed E-state index contributed by atoms with van der Waals surface area (Å²) in [6.07, 6.45) is 1.84. The molecule has 0 amide bonds. The van der Waals surface area contributed by atoms with Gasteiger partial charge in [-0.2, -0.15) is 4.98 Å². The molecule has 1 aromatic heterocycles. The average Bonchev–Trinajstić information content (AvgIpc) is 3.05. The van der Waals surface area contributed by atoms with Gasteiger partial charge in [-0.15, -0.1) is 0 Å². The number of nitrogens with zero attached hydrogens (tertiary/aromatic N) is 3. The maximum absolute atomic E-state index is 11.2. The van der Waals surface area contributed by atoms with Crippen LogP contribution in [0.1, 0.15) is 31.6 Å². The molecule has 1 fully saturated rings. The van der Waals surface area contributed by atoms with E-state index in [1.165, 1.54) is 0 Å². The Morgan fingerprint density at radius 2 is 2.17 bits per heavy atom. The van der Waals surface area contributed by atoms with Gasteiger partial charge in [-0.1, -0.05) is 16.8 Å². The summed E-state index contributed by atoms with van der Waals surface area (Å²) in [6.45, 7) is 3.11. The predicted molar refractivity (Wildman–Crippen MR) is 85.4 cm³/mol. The van der Waals surface area contributed by atoms with Gasteiger partial charge in [0.2, 0.25) is 11.7 Å². The van der Waals surface area contributed by atoms with Crippen molar-refractivity contribution in [2.45, 2.75) is 31.7 Å². The summed E-state index contributed by atoms with van der Waals surface area (Å²) in [7, 11) is 0. The number of carbonyl (C=O) groups is 1. The molecule has 1 aliphatic heterocycles. The van der Waals surface area contributed by atoms with Crippen molar-refractivity contribution in [3.05, 3.63) is 35.2 Å². The lowest BCUT2D eigenvalue weighted by Gasteiger charge is -2.33. The van der Waals surface area contributed by atoms with Crippen LogP contribution in [0.15, 0.2) is 28.8 Å². The molecule has 7 heteroatoms. The summed E-state index contributed by atoms with van der Waals surface area (Å²) in [5.41, 5.74) is 0.843. The molecule has 1 aromatic carbocycles. The highest BCUT2D eigenvalue weighted by Crippen LogP contribution is 2.28. The average molecular weight is 336 g/mol. The van der Waals surface area contributed by atoms with Gasteiger partial charge < -0.3 is 9.63 Å². The van der Waals surface area contributed by atoms with Crippen LogP contribution in [-0.2, 0) is 4.79 Å². The fourth-order valence-electron chi connectivity index (χ4n) is 2.83. The first-order chi connectivity index (χ1) is 11.0. The van der Waals surface area contributed by atoms with E-state index in [-0.39, 0.29) is 5.92 Å². The number of likely N-dealkylation sites (tertiary alicyclic amines) is 1. The van der Waals surface area contributed by atoms with Gasteiger partial charge in [-0.25, -0.2) is 0 Å². The predicted octanol–water partition coefficient (Wildman–Crippen LogP) is 3.04. The third kappa shape index (κ3) is 3.54. The van der Waals surface area contributed by atoms with E-state index in [1.807, 2.05) is 17.0 Å². The van der Waals surface area contributed by atoms with E-state index in [0.29, 0.717) is 23.3 Å². The number of hydrogen-bond acceptors (Lipinski definition) is 5. The van der Waals surface area contributed by atoms with Crippen LogP contribution in [0.4, 0.5) is 0 Å². The second-order valence-electron chi connectivity index (χ2n) is 5.81. The molecular formula is C16H18ClN3O3. The Hall–Kier alpha value is -1.92. The molecule has 0 spiro atoms. The Morgan fingerprint density at radius 1 is 1.43 bits per heavy atom. The fraction of sp³-hybridized carbons (Fsp3) is 0.438. The lowest BCUT2D eigenvalue weighted by atomic mass is 9.97. The standard InChI is InChI=1S/C16H18ClN3O3/c1-10(16(21)22)20-8-2-3-12(9-20)15-18-14(19-23-15)11-4-6-13(17)7-5-11/h4-7,10,12H,2-3,8-9H2,1H3,(H,21,22)/t10-,12+/m1/s1. The van der Waals surface area contributed by atoms with Crippen molar-refractivity contribution in [2.24, 2.45) is 0 Å². The first kappa shape index (κ1) is 16.0. The monoisotopic (exact) mass is 335 g/mol. The van der Waals surface area contributed by atoms with Crippen molar-refractivity contribution in [3.63, 3.8) is 0 Å². The van der Waals surface area contributed by atoms with Gasteiger partial charge in [0.1, 0.15) is 6.04 Å². The number of carboxylic acids is 1. The maximum atomic E-state index is 11.2. The second-order valence-corrected chi connectivity index (χ2v) is 6.25. The molecule has 1 saturated heterocycles. The Kier molecular flexibility index (Phi) is 4.63. The van der Waals surface area contributed by atoms with Crippen LogP contribution in [0.2, 0.25) is 5.02 Å². The van der Waals surface area contributed by atoms with Crippen LogP contribution in [0.3, 0.4) is 0 Å². The van der Waals surface area contributed by atoms with Crippen molar-refractivity contribution in [2.75, 3.05) is 13.1 Å². The van der Waals surface area contributed by atoms with E-state index in [0.717, 1.165) is 24.9 Å². The minimum atomic E-state index is -0.807. The van der Waals surface area contributed by atoms with E-state index < -0.39 is 12.0 Å². The second kappa shape index (κ2) is 6.68. The molecule has 6 nitrogen and oxygen atoms in total. The van der Waals surface area contributed by atoms with Gasteiger partial charge >= 0.3 is 5.97 Å². The van der Waals surface area contributed by atoms with Crippen LogP contribution >= 0.6 is 11.6 Å². The summed E-state index contributed by atoms with van der Waals surface area (Å²) in [5.74, 6) is 0.356. The molecule has 122 valence electrons. The molecule has 2 aromatic rings. The summed E-state index contributed by atoms with van der Waals surface area (Å²) < 4.78 is 5.41. The van der Waals surface area contributed by atoms with Crippen molar-refractivity contribution >= 4 is 17.6 Å². The number of halogens is 1. The van der Waals surface area contributed by atoms with E-state index in [9.17, 15) is 4.79 Å². The van der Waals surface area contributed by atoms with Gasteiger partial charge in [-0.3, -0.25) is 9.69 Å². The molecule has 23 heavy (non-hydrogen) atoms. The van der Waals surface area contributed by atoms with Crippen LogP contribution in [0.5, 0.6) is 0 Å². The van der Waals surface area contributed by atoms with E-state index in [2.05, 4.69) is 10.1 Å². The molecule has 3 rings (SSSR count). The lowest BCUT2D eigenvalue weighted by Crippen LogP contribution is -2.44. The largest absolute Gasteiger partial charge is 0.480 e. The molecule has 1 aliphatic rings. The number of hydrogen-bond donors (Lipinski definition) is 1. The highest BCUT2D eigenvalue weighted by Gasteiger charge is 2.30. The van der Waals surface area contributed by atoms with E-state index in [1.54, 1.807) is 19.1 Å². The summed E-state index contributed by atoms with van der Waals surface area (Å²) in [5, 5.41) is 13.9. The van der Waals surface area contributed by atoms with Gasteiger partial charge in [0.15, 0.2) is 0 Å². The van der Waals surface area contributed by atoms with Crippen molar-refractivity contribution in [1.29, 1.82) is 0 Å². The van der Waals surface area contributed by atoms with Gasteiger partial charge in [0.05, 0.1) is 5.92 Å². The summed E-state index contributed by atoms with van der Waals surface area (Å²) >= 11 is 5.88. The van der Waals surface area contributed by atoms with Crippen LogP contribution in [-0.4, -0.2) is 45.2 Å². The van der Waals surface area contributed by atoms with Gasteiger partial charge in [0.25, 0.3) is 0 Å². The van der Waals surface area contributed by atoms with Crippen molar-refractivity contribution in [1.82, 2.24) is 15.0 Å². The molecule has 2 heterocycles. The molecule has 2 atom stereocenters. The van der Waals surface area contributed by atoms with Crippen LogP contribution < -0.4 is 0 Å². The normalized spacial score (nSPS) is 20.3. The third-order valence-corrected chi connectivity index (χ3v) is 4.50. The van der Waals surface area contributed by atoms with Gasteiger partial charge in [-0.05, 0) is 50.6 Å². The molecule has 0 saturated carbocycles. The SMILES string of the molecule is C[C@H](C(=O)O)N1CCC[C@H](c2nc(-c3ccc(Cl)cc3)no2)C1. The van der Waals surface area contributed by atoms with E-state index >= 15 is 0 Å². The molecule has 0 radical (unpaired) electrons. The molecular weight excluding hydrogens is 318 g/mol. The van der Waals surface area contributed by atoms with Crippen molar-refractivity contribution < 1.29 is 14.4 Å². The highest BCUT2D eigenvalue weighted by atomic mass is 35.5. The van der Waals surface area contributed by atoms with Crippen molar-refractivity contribution in [3.8, 4) is 11.4 Å². The van der Waals surface area contributed by atoms with E-state index in [4.69, 9.17) is 21.2 Å². The Bertz CT molecular complexity index is 686. The minimum Gasteiger partial charge on any atom is -0.480 e. The number of rotatable bonds is 4. The highest BCUT2D eigenvalue weighted by molar-refractivity contribution is 6.30. The Morgan fingerprint density at radius 3 is 2.87 bits per heavy atom. The van der Waals surface area contributed by atoms with Gasteiger partial charge in [0, 0.05) is 17.1 Å². The lowest BCUT2D eigenvalue weighted by molar-refractivity contribution is -0.143. The zero-order valence-corrected chi connectivity index (χ0v) is 13.5. The molecule has 0 unspecified atom stereocenters. The number of carboxylic acid groups (broad SMARTS) is 1. The first-order valence-electron chi connectivity index (χ1n) is 7.61. The maximum Gasteiger partial charge on any atom is 0.320 e. The number of aromatic nitrogens is 2. The zero-order chi connectivity index (χ0) is 16.4. The summed E-state index contributed by atoms with van der Waals surface area (Å²) in [4.78, 5) is 17.6. The smallest absolute Gasteiger partial charge is 0.320 e. The molecule has 1 N–H and O–H groups in total. The Balaban J connectivity index is 1.74. The van der Waals surface area contributed by atoms with Crippen LogP contribution in [0, 0.1) is 0 Å². The third-order valence-electron chi connectivity index (χ3n) is 4.25.